The molecule has 0 radical (unpaired) electrons. The summed E-state index contributed by atoms with van der Waals surface area (Å²) in [5.74, 6) is 0. The predicted molar refractivity (Wildman–Crippen MR) is 57.6 cm³/mol. The molecule has 0 unspecified atom stereocenters. The van der Waals surface area contributed by atoms with Gasteiger partial charge in [-0.05, 0) is 12.0 Å². The van der Waals surface area contributed by atoms with Crippen molar-refractivity contribution in [3.05, 3.63) is 48.0 Å². The summed E-state index contributed by atoms with van der Waals surface area (Å²) in [5, 5.41) is 3.35. The number of hydrogen-bond donors (Lipinski definition) is 1. The van der Waals surface area contributed by atoms with E-state index >= 15 is 0 Å². The molecule has 13 heavy (non-hydrogen) atoms. The molecule has 0 aliphatic carbocycles. The Morgan fingerprint density at radius 2 is 1.92 bits per heavy atom. The molecule has 0 bridgehead atoms. The highest BCUT2D eigenvalue weighted by atomic mass is 14.8. The molecule has 1 N–H and O–H groups in total. The summed E-state index contributed by atoms with van der Waals surface area (Å²) in [6.07, 6.45) is 5.47. The van der Waals surface area contributed by atoms with Crippen molar-refractivity contribution in [1.29, 1.82) is 0 Å². The van der Waals surface area contributed by atoms with Crippen LogP contribution in [0.1, 0.15) is 18.9 Å². The molecule has 0 aliphatic heterocycles. The highest BCUT2D eigenvalue weighted by Gasteiger charge is 1.87. The summed E-state index contributed by atoms with van der Waals surface area (Å²) >= 11 is 0. The summed E-state index contributed by atoms with van der Waals surface area (Å²) in [6, 6.07) is 10.4. The maximum atomic E-state index is 3.35. The Morgan fingerprint density at radius 3 is 2.62 bits per heavy atom. The smallest absolute Gasteiger partial charge is 0.0208 e. The first-order valence-corrected chi connectivity index (χ1v) is 4.83. The predicted octanol–water partition coefficient (Wildman–Crippen LogP) is 2.74. The molecule has 0 saturated carbocycles. The van der Waals surface area contributed by atoms with Gasteiger partial charge in [0.1, 0.15) is 0 Å². The van der Waals surface area contributed by atoms with Gasteiger partial charge >= 0.3 is 0 Å². The fourth-order valence-electron chi connectivity index (χ4n) is 1.15. The van der Waals surface area contributed by atoms with Crippen molar-refractivity contribution in [1.82, 2.24) is 5.32 Å². The molecular formula is C12H17N. The van der Waals surface area contributed by atoms with E-state index in [-0.39, 0.29) is 0 Å². The lowest BCUT2D eigenvalue weighted by molar-refractivity contribution is 0.758. The third-order valence-corrected chi connectivity index (χ3v) is 1.84. The van der Waals surface area contributed by atoms with Crippen LogP contribution in [0.2, 0.25) is 0 Å². The van der Waals surface area contributed by atoms with Crippen LogP contribution in [0.3, 0.4) is 0 Å². The quantitative estimate of drug-likeness (QED) is 0.536. The normalized spacial score (nSPS) is 10.8. The van der Waals surface area contributed by atoms with E-state index in [0.29, 0.717) is 0 Å². The third kappa shape index (κ3) is 4.48. The fraction of sp³-hybridized carbons (Fsp3) is 0.333. The molecule has 0 saturated heterocycles. The van der Waals surface area contributed by atoms with Crippen LogP contribution in [0.5, 0.6) is 0 Å². The average Bonchev–Trinajstić information content (AvgIpc) is 2.19. The van der Waals surface area contributed by atoms with Crippen molar-refractivity contribution in [2.24, 2.45) is 0 Å². The van der Waals surface area contributed by atoms with Crippen LogP contribution in [0, 0.1) is 0 Å². The zero-order chi connectivity index (χ0) is 9.36. The highest BCUT2D eigenvalue weighted by Crippen LogP contribution is 1.96. The van der Waals surface area contributed by atoms with Crippen LogP contribution in [0.4, 0.5) is 0 Å². The minimum absolute atomic E-state index is 0.953. The Balaban J connectivity index is 2.17. The first kappa shape index (κ1) is 10.0. The molecule has 1 aromatic carbocycles. The summed E-state index contributed by atoms with van der Waals surface area (Å²) in [7, 11) is 0. The Kier molecular flexibility index (Phi) is 4.95. The van der Waals surface area contributed by atoms with E-state index < -0.39 is 0 Å². The summed E-state index contributed by atoms with van der Waals surface area (Å²) < 4.78 is 0. The first-order valence-electron chi connectivity index (χ1n) is 4.83. The van der Waals surface area contributed by atoms with E-state index in [0.717, 1.165) is 19.5 Å². The standard InChI is InChI=1S/C12H17N/c1-2-3-7-10-13-11-12-8-5-4-6-9-12/h3-9,13H,2,10-11H2,1H3. The molecule has 0 aromatic heterocycles. The van der Waals surface area contributed by atoms with Crippen molar-refractivity contribution in [3.63, 3.8) is 0 Å². The van der Waals surface area contributed by atoms with E-state index in [9.17, 15) is 0 Å². The second kappa shape index (κ2) is 6.44. The zero-order valence-corrected chi connectivity index (χ0v) is 8.16. The van der Waals surface area contributed by atoms with E-state index in [2.05, 4.69) is 48.7 Å². The van der Waals surface area contributed by atoms with Gasteiger partial charge in [0.25, 0.3) is 0 Å². The van der Waals surface area contributed by atoms with Gasteiger partial charge in [-0.15, -0.1) is 0 Å². The van der Waals surface area contributed by atoms with E-state index in [1.165, 1.54) is 5.56 Å². The van der Waals surface area contributed by atoms with Crippen molar-refractivity contribution in [3.8, 4) is 0 Å². The summed E-state index contributed by atoms with van der Waals surface area (Å²) in [6.45, 7) is 4.06. The lowest BCUT2D eigenvalue weighted by Crippen LogP contribution is -2.12. The van der Waals surface area contributed by atoms with Crippen LogP contribution in [-0.4, -0.2) is 6.54 Å². The molecule has 1 nitrogen and oxygen atoms in total. The van der Waals surface area contributed by atoms with Crippen molar-refractivity contribution in [2.45, 2.75) is 19.9 Å². The molecular weight excluding hydrogens is 158 g/mol. The van der Waals surface area contributed by atoms with Crippen LogP contribution >= 0.6 is 0 Å². The SMILES string of the molecule is CCC=CCNCc1ccccc1. The molecule has 0 heterocycles. The number of nitrogens with one attached hydrogen (secondary N) is 1. The first-order chi connectivity index (χ1) is 6.43. The summed E-state index contributed by atoms with van der Waals surface area (Å²) in [4.78, 5) is 0. The third-order valence-electron chi connectivity index (χ3n) is 1.84. The largest absolute Gasteiger partial charge is 0.309 e. The van der Waals surface area contributed by atoms with Crippen LogP contribution in [-0.2, 0) is 6.54 Å². The Labute approximate surface area is 80.5 Å². The minimum atomic E-state index is 0.953. The number of rotatable bonds is 5. The average molecular weight is 175 g/mol. The molecule has 1 rings (SSSR count). The van der Waals surface area contributed by atoms with E-state index in [1.807, 2.05) is 6.07 Å². The van der Waals surface area contributed by atoms with Crippen molar-refractivity contribution in [2.75, 3.05) is 6.54 Å². The molecule has 0 spiro atoms. The molecule has 70 valence electrons. The zero-order valence-electron chi connectivity index (χ0n) is 8.16. The molecule has 1 aromatic rings. The van der Waals surface area contributed by atoms with Crippen molar-refractivity contribution >= 4 is 0 Å². The number of allylic oxidation sites excluding steroid dienone is 1. The molecule has 1 heteroatoms. The van der Waals surface area contributed by atoms with Crippen molar-refractivity contribution < 1.29 is 0 Å². The monoisotopic (exact) mass is 175 g/mol. The summed E-state index contributed by atoms with van der Waals surface area (Å²) in [5.41, 5.74) is 1.34. The Bertz CT molecular complexity index is 239. The highest BCUT2D eigenvalue weighted by molar-refractivity contribution is 5.14. The van der Waals surface area contributed by atoms with E-state index in [1.54, 1.807) is 0 Å². The molecule has 0 atom stereocenters. The van der Waals surface area contributed by atoms with Gasteiger partial charge in [-0.2, -0.15) is 0 Å². The van der Waals surface area contributed by atoms with Gasteiger partial charge in [-0.1, -0.05) is 49.4 Å². The van der Waals surface area contributed by atoms with Gasteiger partial charge < -0.3 is 5.32 Å². The fourth-order valence-corrected chi connectivity index (χ4v) is 1.15. The molecule has 0 amide bonds. The minimum Gasteiger partial charge on any atom is -0.309 e. The Hall–Kier alpha value is -1.08. The van der Waals surface area contributed by atoms with Gasteiger partial charge in [0, 0.05) is 13.1 Å². The maximum Gasteiger partial charge on any atom is 0.0208 e. The second-order valence-corrected chi connectivity index (χ2v) is 3.00. The second-order valence-electron chi connectivity index (χ2n) is 3.00. The van der Waals surface area contributed by atoms with Crippen LogP contribution in [0.15, 0.2) is 42.5 Å². The van der Waals surface area contributed by atoms with Crippen LogP contribution < -0.4 is 5.32 Å². The van der Waals surface area contributed by atoms with E-state index in [4.69, 9.17) is 0 Å². The van der Waals surface area contributed by atoms with Crippen LogP contribution in [0.25, 0.3) is 0 Å². The van der Waals surface area contributed by atoms with Gasteiger partial charge in [-0.25, -0.2) is 0 Å². The molecule has 0 fully saturated rings. The van der Waals surface area contributed by atoms with Gasteiger partial charge in [-0.3, -0.25) is 0 Å². The topological polar surface area (TPSA) is 12.0 Å². The number of benzene rings is 1. The lowest BCUT2D eigenvalue weighted by Gasteiger charge is -2.00. The maximum absolute atomic E-state index is 3.35. The Morgan fingerprint density at radius 1 is 1.15 bits per heavy atom. The van der Waals surface area contributed by atoms with Gasteiger partial charge in [0.05, 0.1) is 0 Å². The number of hydrogen-bond acceptors (Lipinski definition) is 1. The van der Waals surface area contributed by atoms with Gasteiger partial charge in [0.15, 0.2) is 0 Å². The molecule has 0 aliphatic rings. The lowest BCUT2D eigenvalue weighted by atomic mass is 10.2. The van der Waals surface area contributed by atoms with Gasteiger partial charge in [0.2, 0.25) is 0 Å².